The van der Waals surface area contributed by atoms with Gasteiger partial charge in [0.05, 0.1) is 0 Å². The first-order valence-corrected chi connectivity index (χ1v) is 13.9. The summed E-state index contributed by atoms with van der Waals surface area (Å²) in [7, 11) is 0. The molecule has 1 heterocycles. The molecule has 3 amide bonds. The molecule has 1 aliphatic rings. The zero-order chi connectivity index (χ0) is 27.5. The van der Waals surface area contributed by atoms with E-state index >= 15 is 0 Å². The minimum atomic E-state index is -0.762. The number of carbonyl (C=O) groups excluding carboxylic acids is 3. The van der Waals surface area contributed by atoms with Crippen molar-refractivity contribution in [3.63, 3.8) is 0 Å². The van der Waals surface area contributed by atoms with Gasteiger partial charge in [-0.3, -0.25) is 14.4 Å². The van der Waals surface area contributed by atoms with E-state index in [1.165, 1.54) is 6.42 Å². The highest BCUT2D eigenvalue weighted by molar-refractivity contribution is 5.91. The van der Waals surface area contributed by atoms with Gasteiger partial charge >= 0.3 is 0 Å². The summed E-state index contributed by atoms with van der Waals surface area (Å²) in [5.41, 5.74) is 2.82. The van der Waals surface area contributed by atoms with Gasteiger partial charge in [0.1, 0.15) is 11.9 Å². The Balaban J connectivity index is 1.52. The fourth-order valence-electron chi connectivity index (χ4n) is 5.04. The molecule has 0 spiro atoms. The summed E-state index contributed by atoms with van der Waals surface area (Å²) in [6.45, 7) is 2.31. The highest BCUT2D eigenvalue weighted by atomic mass is 16.2. The lowest BCUT2D eigenvalue weighted by Gasteiger charge is -2.33. The van der Waals surface area contributed by atoms with E-state index in [4.69, 9.17) is 0 Å². The Morgan fingerprint density at radius 1 is 0.897 bits per heavy atom. The summed E-state index contributed by atoms with van der Waals surface area (Å²) in [5, 5.41) is 6.01. The Hall–Kier alpha value is -4.00. The van der Waals surface area contributed by atoms with E-state index in [2.05, 4.69) is 15.6 Å². The first-order chi connectivity index (χ1) is 19.0. The highest BCUT2D eigenvalue weighted by Crippen LogP contribution is 2.27. The molecular weight excluding hydrogens is 488 g/mol. The average Bonchev–Trinajstić information content (AvgIpc) is 2.95. The van der Waals surface area contributed by atoms with E-state index in [0.29, 0.717) is 18.8 Å². The molecule has 39 heavy (non-hydrogen) atoms. The van der Waals surface area contributed by atoms with Gasteiger partial charge < -0.3 is 15.5 Å². The maximum absolute atomic E-state index is 13.8. The number of anilines is 1. The van der Waals surface area contributed by atoms with Gasteiger partial charge in [-0.05, 0) is 49.4 Å². The van der Waals surface area contributed by atoms with E-state index in [9.17, 15) is 14.4 Å². The largest absolute Gasteiger partial charge is 0.351 e. The van der Waals surface area contributed by atoms with Gasteiger partial charge in [0.15, 0.2) is 0 Å². The number of aromatic nitrogens is 1. The van der Waals surface area contributed by atoms with Crippen molar-refractivity contribution in [1.82, 2.24) is 15.2 Å². The van der Waals surface area contributed by atoms with E-state index in [0.717, 1.165) is 42.4 Å². The predicted molar refractivity (Wildman–Crippen MR) is 153 cm³/mol. The van der Waals surface area contributed by atoms with Crippen LogP contribution < -0.4 is 10.6 Å². The van der Waals surface area contributed by atoms with Crippen LogP contribution in [0.15, 0.2) is 79.0 Å². The van der Waals surface area contributed by atoms with Crippen molar-refractivity contribution in [2.45, 2.75) is 76.9 Å². The van der Waals surface area contributed by atoms with Crippen LogP contribution in [0.2, 0.25) is 0 Å². The van der Waals surface area contributed by atoms with E-state index < -0.39 is 6.04 Å². The summed E-state index contributed by atoms with van der Waals surface area (Å²) in [6, 6.07) is 22.2. The van der Waals surface area contributed by atoms with Crippen LogP contribution in [-0.4, -0.2) is 33.6 Å². The molecule has 7 heteroatoms. The number of hydrogen-bond donors (Lipinski definition) is 2. The second-order valence-corrected chi connectivity index (χ2v) is 10.3. The lowest BCUT2D eigenvalue weighted by Crippen LogP contribution is -2.46. The van der Waals surface area contributed by atoms with Crippen molar-refractivity contribution < 1.29 is 14.4 Å². The molecule has 0 unspecified atom stereocenters. The van der Waals surface area contributed by atoms with Crippen LogP contribution in [0.1, 0.15) is 74.1 Å². The maximum atomic E-state index is 13.8. The monoisotopic (exact) mass is 526 g/mol. The summed E-state index contributed by atoms with van der Waals surface area (Å²) in [5.74, 6) is -0.0172. The van der Waals surface area contributed by atoms with Crippen molar-refractivity contribution in [1.29, 1.82) is 0 Å². The smallest absolute Gasteiger partial charge is 0.247 e. The van der Waals surface area contributed by atoms with Crippen LogP contribution in [0.3, 0.4) is 0 Å². The Labute approximate surface area is 231 Å². The SMILES string of the molecule is Cc1ccc([C@@H](C(=O)NC2CCCCC2)N(Cc2ccccc2)C(=O)CCCC(=O)Nc2ccccn2)cc1. The molecule has 1 aromatic heterocycles. The third kappa shape index (κ3) is 8.50. The van der Waals surface area contributed by atoms with E-state index in [-0.39, 0.29) is 36.6 Å². The number of nitrogens with zero attached hydrogens (tertiary/aromatic N) is 2. The van der Waals surface area contributed by atoms with Gasteiger partial charge in [-0.1, -0.05) is 85.5 Å². The molecule has 1 atom stereocenters. The number of rotatable bonds is 11. The van der Waals surface area contributed by atoms with E-state index in [1.54, 1.807) is 29.3 Å². The highest BCUT2D eigenvalue weighted by Gasteiger charge is 2.32. The molecule has 1 fully saturated rings. The zero-order valence-corrected chi connectivity index (χ0v) is 22.6. The zero-order valence-electron chi connectivity index (χ0n) is 22.6. The summed E-state index contributed by atoms with van der Waals surface area (Å²) in [4.78, 5) is 45.8. The van der Waals surface area contributed by atoms with Crippen LogP contribution in [0, 0.1) is 6.92 Å². The van der Waals surface area contributed by atoms with Gasteiger partial charge in [-0.15, -0.1) is 0 Å². The summed E-state index contributed by atoms with van der Waals surface area (Å²) >= 11 is 0. The van der Waals surface area contributed by atoms with E-state index in [1.807, 2.05) is 61.5 Å². The Morgan fingerprint density at radius 3 is 2.31 bits per heavy atom. The van der Waals surface area contributed by atoms with Crippen molar-refractivity contribution in [3.05, 3.63) is 95.7 Å². The predicted octanol–water partition coefficient (Wildman–Crippen LogP) is 5.72. The van der Waals surface area contributed by atoms with Crippen LogP contribution in [-0.2, 0) is 20.9 Å². The number of nitrogens with one attached hydrogen (secondary N) is 2. The fraction of sp³-hybridized carbons (Fsp3) is 0.375. The molecule has 0 aliphatic heterocycles. The van der Waals surface area contributed by atoms with Crippen LogP contribution in [0.5, 0.6) is 0 Å². The second-order valence-electron chi connectivity index (χ2n) is 10.3. The molecule has 0 radical (unpaired) electrons. The third-order valence-corrected chi connectivity index (χ3v) is 7.15. The van der Waals surface area contributed by atoms with Gasteiger partial charge in [-0.2, -0.15) is 0 Å². The van der Waals surface area contributed by atoms with Gasteiger partial charge in [0, 0.05) is 31.6 Å². The molecule has 2 aromatic carbocycles. The van der Waals surface area contributed by atoms with Crippen molar-refractivity contribution >= 4 is 23.5 Å². The first kappa shape index (κ1) is 28.0. The maximum Gasteiger partial charge on any atom is 0.247 e. The molecule has 3 aromatic rings. The number of hydrogen-bond acceptors (Lipinski definition) is 4. The molecule has 4 rings (SSSR count). The van der Waals surface area contributed by atoms with Crippen LogP contribution in [0.25, 0.3) is 0 Å². The lowest BCUT2D eigenvalue weighted by atomic mass is 9.94. The molecular formula is C32H38N4O3. The second kappa shape index (κ2) is 14.2. The van der Waals surface area contributed by atoms with Crippen LogP contribution in [0.4, 0.5) is 5.82 Å². The Bertz CT molecular complexity index is 1210. The topological polar surface area (TPSA) is 91.4 Å². The summed E-state index contributed by atoms with van der Waals surface area (Å²) in [6.07, 6.45) is 7.65. The molecule has 2 N–H and O–H groups in total. The molecule has 204 valence electrons. The summed E-state index contributed by atoms with van der Waals surface area (Å²) < 4.78 is 0. The lowest BCUT2D eigenvalue weighted by molar-refractivity contribution is -0.142. The number of amides is 3. The number of benzene rings is 2. The first-order valence-electron chi connectivity index (χ1n) is 13.9. The Morgan fingerprint density at radius 2 is 1.62 bits per heavy atom. The minimum Gasteiger partial charge on any atom is -0.351 e. The van der Waals surface area contributed by atoms with Gasteiger partial charge in [-0.25, -0.2) is 4.98 Å². The fourth-order valence-corrected chi connectivity index (χ4v) is 5.04. The Kier molecular flexibility index (Phi) is 10.2. The van der Waals surface area contributed by atoms with Gasteiger partial charge in [0.25, 0.3) is 0 Å². The van der Waals surface area contributed by atoms with Gasteiger partial charge in [0.2, 0.25) is 17.7 Å². The molecule has 7 nitrogen and oxygen atoms in total. The number of pyridine rings is 1. The average molecular weight is 527 g/mol. The normalized spacial score (nSPS) is 14.3. The standard InChI is InChI=1S/C32H38N4O3/c1-24-18-20-26(21-19-24)31(32(39)34-27-13-6-3-7-14-27)36(23-25-11-4-2-5-12-25)30(38)17-10-16-29(37)35-28-15-8-9-22-33-28/h2,4-5,8-9,11-12,15,18-22,27,31H,3,6-7,10,13-14,16-17,23H2,1H3,(H,34,39)(H,33,35,37)/t31-/m0/s1. The van der Waals surface area contributed by atoms with Crippen LogP contribution >= 0.6 is 0 Å². The minimum absolute atomic E-state index is 0.128. The molecule has 1 saturated carbocycles. The van der Waals surface area contributed by atoms with Crippen molar-refractivity contribution in [2.24, 2.45) is 0 Å². The molecule has 0 bridgehead atoms. The molecule has 1 aliphatic carbocycles. The van der Waals surface area contributed by atoms with Crippen molar-refractivity contribution in [3.8, 4) is 0 Å². The number of aryl methyl sites for hydroxylation is 1. The quantitative estimate of drug-likeness (QED) is 0.334. The third-order valence-electron chi connectivity index (χ3n) is 7.15. The molecule has 0 saturated heterocycles. The number of carbonyl (C=O) groups is 3. The van der Waals surface area contributed by atoms with Crippen molar-refractivity contribution in [2.75, 3.05) is 5.32 Å².